The fraction of sp³-hybridized carbons (Fsp3) is 0.643. The van der Waals surface area contributed by atoms with Gasteiger partial charge in [-0.15, -0.1) is 0 Å². The average molecular weight is 233 g/mol. The van der Waals surface area contributed by atoms with Crippen molar-refractivity contribution in [3.8, 4) is 0 Å². The van der Waals surface area contributed by atoms with Gasteiger partial charge in [-0.05, 0) is 37.7 Å². The van der Waals surface area contributed by atoms with Gasteiger partial charge < -0.3 is 9.32 Å². The predicted octanol–water partition coefficient (Wildman–Crippen LogP) is 3.25. The van der Waals surface area contributed by atoms with Crippen LogP contribution >= 0.6 is 0 Å². The first-order valence-corrected chi connectivity index (χ1v) is 6.70. The van der Waals surface area contributed by atoms with Crippen molar-refractivity contribution >= 4 is 12.2 Å². The molecule has 0 spiro atoms. The highest BCUT2D eigenvalue weighted by Gasteiger charge is 2.34. The highest BCUT2D eigenvalue weighted by atomic mass is 16.4. The molecule has 2 fully saturated rings. The van der Waals surface area contributed by atoms with E-state index < -0.39 is 0 Å². The van der Waals surface area contributed by atoms with Gasteiger partial charge in [-0.1, -0.05) is 12.8 Å². The molecule has 2 atom stereocenters. The summed E-state index contributed by atoms with van der Waals surface area (Å²) in [5.74, 6) is 2.17. The first kappa shape index (κ1) is 10.9. The Bertz CT molecular complexity index is 397. The van der Waals surface area contributed by atoms with E-state index in [9.17, 15) is 4.79 Å². The molecule has 2 aliphatic rings. The lowest BCUT2D eigenvalue weighted by atomic mass is 9.78. The van der Waals surface area contributed by atoms with Gasteiger partial charge in [0.25, 0.3) is 0 Å². The normalized spacial score (nSPS) is 28.8. The second kappa shape index (κ2) is 4.55. The van der Waals surface area contributed by atoms with Crippen molar-refractivity contribution in [3.05, 3.63) is 17.9 Å². The van der Waals surface area contributed by atoms with Crippen LogP contribution in [-0.4, -0.2) is 18.9 Å². The summed E-state index contributed by atoms with van der Waals surface area (Å²) in [6, 6.07) is 4.36. The molecular weight excluding hydrogens is 214 g/mol. The maximum atomic E-state index is 10.7. The summed E-state index contributed by atoms with van der Waals surface area (Å²) in [6.07, 6.45) is 8.75. The van der Waals surface area contributed by atoms with Crippen LogP contribution in [0.5, 0.6) is 0 Å². The SMILES string of the molecule is O=Cc1ccc(N2CCC[C@H]3CCCC[C@H]32)o1. The molecule has 3 heteroatoms. The molecular formula is C14H19NO2. The molecule has 0 radical (unpaired) electrons. The third-order valence-electron chi connectivity index (χ3n) is 4.26. The largest absolute Gasteiger partial charge is 0.438 e. The van der Waals surface area contributed by atoms with Crippen molar-refractivity contribution in [2.45, 2.75) is 44.6 Å². The molecule has 1 aromatic heterocycles. The Kier molecular flexibility index (Phi) is 2.91. The molecule has 92 valence electrons. The third kappa shape index (κ3) is 1.99. The zero-order valence-electron chi connectivity index (χ0n) is 10.1. The zero-order chi connectivity index (χ0) is 11.7. The molecule has 2 heterocycles. The molecule has 1 saturated heterocycles. The number of anilines is 1. The standard InChI is InChI=1S/C14H19NO2/c16-10-12-7-8-14(17-12)15-9-3-5-11-4-1-2-6-13(11)15/h7-8,10-11,13H,1-6,9H2/t11-,13-/m1/s1. The van der Waals surface area contributed by atoms with Gasteiger partial charge in [0, 0.05) is 18.7 Å². The fourth-order valence-corrected chi connectivity index (χ4v) is 3.46. The Morgan fingerprint density at radius 1 is 1.18 bits per heavy atom. The van der Waals surface area contributed by atoms with Crippen molar-refractivity contribution in [1.82, 2.24) is 0 Å². The van der Waals surface area contributed by atoms with Crippen LogP contribution < -0.4 is 4.90 Å². The highest BCUT2D eigenvalue weighted by Crippen LogP contribution is 2.38. The van der Waals surface area contributed by atoms with E-state index in [0.29, 0.717) is 11.8 Å². The Labute approximate surface area is 102 Å². The van der Waals surface area contributed by atoms with Crippen LogP contribution in [-0.2, 0) is 0 Å². The predicted molar refractivity (Wildman–Crippen MR) is 66.4 cm³/mol. The Morgan fingerprint density at radius 3 is 2.82 bits per heavy atom. The molecule has 1 aliphatic heterocycles. The number of carbonyl (C=O) groups is 1. The summed E-state index contributed by atoms with van der Waals surface area (Å²) in [5.41, 5.74) is 0. The van der Waals surface area contributed by atoms with Crippen LogP contribution in [0.25, 0.3) is 0 Å². The molecule has 3 nitrogen and oxygen atoms in total. The molecule has 1 saturated carbocycles. The van der Waals surface area contributed by atoms with Gasteiger partial charge in [0.2, 0.25) is 0 Å². The topological polar surface area (TPSA) is 33.5 Å². The van der Waals surface area contributed by atoms with Gasteiger partial charge in [0.15, 0.2) is 17.9 Å². The summed E-state index contributed by atoms with van der Waals surface area (Å²) >= 11 is 0. The number of hydrogen-bond acceptors (Lipinski definition) is 3. The lowest BCUT2D eigenvalue weighted by Crippen LogP contribution is -2.46. The van der Waals surface area contributed by atoms with Crippen molar-refractivity contribution < 1.29 is 9.21 Å². The summed E-state index contributed by atoms with van der Waals surface area (Å²) in [6.45, 7) is 1.08. The molecule has 0 unspecified atom stereocenters. The summed E-state index contributed by atoms with van der Waals surface area (Å²) in [7, 11) is 0. The van der Waals surface area contributed by atoms with Gasteiger partial charge in [-0.2, -0.15) is 0 Å². The van der Waals surface area contributed by atoms with Crippen molar-refractivity contribution in [2.75, 3.05) is 11.4 Å². The molecule has 0 aromatic carbocycles. The Balaban J connectivity index is 1.82. The molecule has 1 aromatic rings. The molecule has 0 amide bonds. The molecule has 17 heavy (non-hydrogen) atoms. The van der Waals surface area contributed by atoms with E-state index in [4.69, 9.17) is 4.42 Å². The minimum Gasteiger partial charge on any atom is -0.438 e. The van der Waals surface area contributed by atoms with E-state index in [2.05, 4.69) is 4.90 Å². The molecule has 0 N–H and O–H groups in total. The monoisotopic (exact) mass is 233 g/mol. The smallest absolute Gasteiger partial charge is 0.196 e. The Hall–Kier alpha value is -1.25. The van der Waals surface area contributed by atoms with Crippen LogP contribution in [0.4, 0.5) is 5.88 Å². The van der Waals surface area contributed by atoms with Crippen molar-refractivity contribution in [2.24, 2.45) is 5.92 Å². The number of piperidine rings is 1. The van der Waals surface area contributed by atoms with E-state index in [1.165, 1.54) is 38.5 Å². The lowest BCUT2D eigenvalue weighted by Gasteiger charge is -2.44. The lowest BCUT2D eigenvalue weighted by molar-refractivity contribution is 0.110. The van der Waals surface area contributed by atoms with E-state index >= 15 is 0 Å². The van der Waals surface area contributed by atoms with Crippen molar-refractivity contribution in [1.29, 1.82) is 0 Å². The van der Waals surface area contributed by atoms with E-state index in [1.54, 1.807) is 6.07 Å². The van der Waals surface area contributed by atoms with Crippen LogP contribution in [0.1, 0.15) is 49.1 Å². The summed E-state index contributed by atoms with van der Waals surface area (Å²) in [5, 5.41) is 0. The molecule has 1 aliphatic carbocycles. The quantitative estimate of drug-likeness (QED) is 0.735. The number of furan rings is 1. The van der Waals surface area contributed by atoms with Gasteiger partial charge in [0.1, 0.15) is 0 Å². The number of carbonyl (C=O) groups excluding carboxylic acids is 1. The third-order valence-corrected chi connectivity index (χ3v) is 4.26. The van der Waals surface area contributed by atoms with E-state index in [-0.39, 0.29) is 0 Å². The van der Waals surface area contributed by atoms with E-state index in [0.717, 1.165) is 24.6 Å². The van der Waals surface area contributed by atoms with Gasteiger partial charge in [0.05, 0.1) is 0 Å². The maximum Gasteiger partial charge on any atom is 0.196 e. The number of nitrogens with zero attached hydrogens (tertiary/aromatic N) is 1. The minimum absolute atomic E-state index is 0.443. The number of aldehydes is 1. The summed E-state index contributed by atoms with van der Waals surface area (Å²) < 4.78 is 5.58. The average Bonchev–Trinajstić information content (AvgIpc) is 2.87. The number of hydrogen-bond donors (Lipinski definition) is 0. The second-order valence-electron chi connectivity index (χ2n) is 5.24. The first-order chi connectivity index (χ1) is 8.38. The molecule has 0 bridgehead atoms. The molecule has 3 rings (SSSR count). The fourth-order valence-electron chi connectivity index (χ4n) is 3.46. The minimum atomic E-state index is 0.443. The first-order valence-electron chi connectivity index (χ1n) is 6.70. The Morgan fingerprint density at radius 2 is 2.00 bits per heavy atom. The summed E-state index contributed by atoms with van der Waals surface area (Å²) in [4.78, 5) is 13.1. The van der Waals surface area contributed by atoms with Gasteiger partial charge in [-0.25, -0.2) is 0 Å². The second-order valence-corrected chi connectivity index (χ2v) is 5.24. The van der Waals surface area contributed by atoms with Gasteiger partial charge in [-0.3, -0.25) is 4.79 Å². The van der Waals surface area contributed by atoms with E-state index in [1.807, 2.05) is 6.07 Å². The number of rotatable bonds is 2. The zero-order valence-corrected chi connectivity index (χ0v) is 10.1. The van der Waals surface area contributed by atoms with Crippen LogP contribution in [0.3, 0.4) is 0 Å². The van der Waals surface area contributed by atoms with Crippen molar-refractivity contribution in [3.63, 3.8) is 0 Å². The van der Waals surface area contributed by atoms with Crippen LogP contribution in [0.2, 0.25) is 0 Å². The highest BCUT2D eigenvalue weighted by molar-refractivity contribution is 5.71. The van der Waals surface area contributed by atoms with Crippen LogP contribution in [0.15, 0.2) is 16.5 Å². The number of fused-ring (bicyclic) bond motifs is 1. The van der Waals surface area contributed by atoms with Gasteiger partial charge >= 0.3 is 0 Å². The van der Waals surface area contributed by atoms with Crippen LogP contribution in [0, 0.1) is 5.92 Å². The maximum absolute atomic E-state index is 10.7.